The van der Waals surface area contributed by atoms with Crippen LogP contribution in [0.25, 0.3) is 0 Å². The van der Waals surface area contributed by atoms with Gasteiger partial charge in [-0.2, -0.15) is 0 Å². The van der Waals surface area contributed by atoms with Gasteiger partial charge in [0.05, 0.1) is 12.3 Å². The van der Waals surface area contributed by atoms with Crippen LogP contribution in [0.2, 0.25) is 0 Å². The summed E-state index contributed by atoms with van der Waals surface area (Å²) in [6.45, 7) is 2.12. The van der Waals surface area contributed by atoms with Crippen LogP contribution in [-0.4, -0.2) is 17.4 Å². The van der Waals surface area contributed by atoms with Crippen molar-refractivity contribution in [3.05, 3.63) is 103 Å². The van der Waals surface area contributed by atoms with E-state index in [9.17, 15) is 5.11 Å². The van der Waals surface area contributed by atoms with E-state index in [0.717, 1.165) is 12.6 Å². The number of rotatable bonds is 8. The summed E-state index contributed by atoms with van der Waals surface area (Å²) in [6, 6.07) is 32.2. The summed E-state index contributed by atoms with van der Waals surface area (Å²) in [5.74, 6) is 0. The number of hydrogen-bond donors (Lipinski definition) is 1. The molecule has 146 valence electrons. The van der Waals surface area contributed by atoms with Gasteiger partial charge in [-0.15, -0.1) is 0 Å². The summed E-state index contributed by atoms with van der Waals surface area (Å²) < 4.78 is 0. The van der Waals surface area contributed by atoms with Gasteiger partial charge < -0.3 is 29.1 Å². The van der Waals surface area contributed by atoms with Crippen molar-refractivity contribution in [1.29, 1.82) is 0 Å². The van der Waals surface area contributed by atoms with Crippen molar-refractivity contribution < 1.29 is 29.1 Å². The molecule has 0 aliphatic carbocycles. The maximum absolute atomic E-state index is 11.0. The van der Waals surface area contributed by atoms with Crippen LogP contribution >= 0.6 is 7.26 Å². The zero-order valence-electron chi connectivity index (χ0n) is 16.3. The Morgan fingerprint density at radius 2 is 1.11 bits per heavy atom. The highest BCUT2D eigenvalue weighted by Crippen LogP contribution is 2.55. The number of benzene rings is 3. The summed E-state index contributed by atoms with van der Waals surface area (Å²) in [7, 11) is -1.94. The zero-order chi connectivity index (χ0) is 19.0. The molecular formula is C25H28IOP. The summed E-state index contributed by atoms with van der Waals surface area (Å²) in [4.78, 5) is 0. The van der Waals surface area contributed by atoms with E-state index in [1.165, 1.54) is 15.9 Å². The van der Waals surface area contributed by atoms with Crippen molar-refractivity contribution in [2.24, 2.45) is 0 Å². The van der Waals surface area contributed by atoms with Crippen molar-refractivity contribution in [3.8, 4) is 0 Å². The average molecular weight is 502 g/mol. The van der Waals surface area contributed by atoms with Crippen LogP contribution in [0.3, 0.4) is 0 Å². The molecule has 3 rings (SSSR count). The van der Waals surface area contributed by atoms with Gasteiger partial charge in [0.2, 0.25) is 0 Å². The van der Waals surface area contributed by atoms with Gasteiger partial charge in [-0.3, -0.25) is 0 Å². The molecule has 0 amide bonds. The molecule has 3 aromatic carbocycles. The van der Waals surface area contributed by atoms with Gasteiger partial charge in [0, 0.05) is 0 Å². The van der Waals surface area contributed by atoms with Gasteiger partial charge in [0.25, 0.3) is 0 Å². The monoisotopic (exact) mass is 502 g/mol. The second kappa shape index (κ2) is 11.5. The summed E-state index contributed by atoms with van der Waals surface area (Å²) in [5, 5.41) is 14.9. The van der Waals surface area contributed by atoms with Crippen LogP contribution < -0.4 is 39.9 Å². The van der Waals surface area contributed by atoms with E-state index in [2.05, 4.69) is 110 Å². The van der Waals surface area contributed by atoms with Gasteiger partial charge >= 0.3 is 0 Å². The molecule has 0 aliphatic rings. The third-order valence-corrected chi connectivity index (χ3v) is 9.39. The average Bonchev–Trinajstić information content (AvgIpc) is 2.74. The minimum absolute atomic E-state index is 0. The quantitative estimate of drug-likeness (QED) is 0.283. The highest BCUT2D eigenvalue weighted by Gasteiger charge is 2.46. The largest absolute Gasteiger partial charge is 1.00 e. The Balaban J connectivity index is 0.00000280. The predicted molar refractivity (Wildman–Crippen MR) is 120 cm³/mol. The van der Waals surface area contributed by atoms with E-state index in [4.69, 9.17) is 0 Å². The first-order chi connectivity index (χ1) is 13.3. The van der Waals surface area contributed by atoms with Crippen molar-refractivity contribution in [2.45, 2.75) is 25.9 Å². The zero-order valence-corrected chi connectivity index (χ0v) is 19.3. The molecule has 1 nitrogen and oxygen atoms in total. The number of allylic oxidation sites excluding steroid dienone is 1. The number of aliphatic hydroxyl groups excluding tert-OH is 1. The number of aliphatic hydroxyl groups is 1. The lowest BCUT2D eigenvalue weighted by atomic mass is 10.2. The predicted octanol–water partition coefficient (Wildman–Crippen LogP) is 1.70. The topological polar surface area (TPSA) is 20.2 Å². The van der Waals surface area contributed by atoms with E-state index in [-0.39, 0.29) is 30.1 Å². The fraction of sp³-hybridized carbons (Fsp3) is 0.200. The van der Waals surface area contributed by atoms with Crippen molar-refractivity contribution in [1.82, 2.24) is 0 Å². The maximum atomic E-state index is 11.0. The molecule has 0 aromatic heterocycles. The first kappa shape index (κ1) is 22.8. The van der Waals surface area contributed by atoms with Gasteiger partial charge in [-0.1, -0.05) is 73.7 Å². The molecule has 3 heteroatoms. The third-order valence-electron chi connectivity index (χ3n) is 4.89. The molecule has 0 heterocycles. The molecule has 3 aromatic rings. The Morgan fingerprint density at radius 3 is 1.46 bits per heavy atom. The van der Waals surface area contributed by atoms with Crippen LogP contribution in [-0.2, 0) is 0 Å². The molecular weight excluding hydrogens is 474 g/mol. The van der Waals surface area contributed by atoms with Crippen molar-refractivity contribution >= 4 is 23.2 Å². The molecule has 0 fully saturated rings. The van der Waals surface area contributed by atoms with Crippen LogP contribution in [0.15, 0.2) is 103 Å². The van der Waals surface area contributed by atoms with Crippen molar-refractivity contribution in [2.75, 3.05) is 6.16 Å². The summed E-state index contributed by atoms with van der Waals surface area (Å²) >= 11 is 0. The van der Waals surface area contributed by atoms with Crippen LogP contribution in [0.1, 0.15) is 19.8 Å². The molecule has 1 N–H and O–H groups in total. The van der Waals surface area contributed by atoms with Gasteiger partial charge in [0.1, 0.15) is 23.2 Å². The first-order valence-corrected chi connectivity index (χ1v) is 11.6. The van der Waals surface area contributed by atoms with Gasteiger partial charge in [0.15, 0.2) is 0 Å². The minimum Gasteiger partial charge on any atom is -1.00 e. The fourth-order valence-electron chi connectivity index (χ4n) is 3.62. The van der Waals surface area contributed by atoms with E-state index in [1.807, 2.05) is 0 Å². The Labute approximate surface area is 186 Å². The number of hydrogen-bond acceptors (Lipinski definition) is 1. The molecule has 0 saturated carbocycles. The third kappa shape index (κ3) is 5.31. The van der Waals surface area contributed by atoms with E-state index < -0.39 is 7.26 Å². The van der Waals surface area contributed by atoms with Gasteiger partial charge in [-0.05, 0) is 49.2 Å². The maximum Gasteiger partial charge on any atom is 0.114 e. The summed E-state index contributed by atoms with van der Waals surface area (Å²) in [5.41, 5.74) is 0. The lowest BCUT2D eigenvalue weighted by Gasteiger charge is -2.29. The molecule has 0 radical (unpaired) electrons. The van der Waals surface area contributed by atoms with E-state index >= 15 is 0 Å². The Morgan fingerprint density at radius 1 is 0.714 bits per heavy atom. The molecule has 1 atom stereocenters. The van der Waals surface area contributed by atoms with Crippen molar-refractivity contribution in [3.63, 3.8) is 0 Å². The smallest absolute Gasteiger partial charge is 0.114 e. The molecule has 28 heavy (non-hydrogen) atoms. The summed E-state index contributed by atoms with van der Waals surface area (Å²) in [6.07, 6.45) is 6.32. The molecule has 1 unspecified atom stereocenters. The second-order valence-electron chi connectivity index (χ2n) is 6.77. The highest BCUT2D eigenvalue weighted by atomic mass is 127. The number of halogens is 1. The highest BCUT2D eigenvalue weighted by molar-refractivity contribution is 7.95. The molecule has 0 aliphatic heterocycles. The van der Waals surface area contributed by atoms with Crippen LogP contribution in [0.4, 0.5) is 0 Å². The van der Waals surface area contributed by atoms with Crippen LogP contribution in [0.5, 0.6) is 0 Å². The fourth-order valence-corrected chi connectivity index (χ4v) is 7.97. The Bertz CT molecular complexity index is 738. The lowest BCUT2D eigenvalue weighted by molar-refractivity contribution is -0.00000749. The van der Waals surface area contributed by atoms with Crippen LogP contribution in [0, 0.1) is 0 Å². The van der Waals surface area contributed by atoms with Gasteiger partial charge in [-0.25, -0.2) is 0 Å². The van der Waals surface area contributed by atoms with E-state index in [1.54, 1.807) is 0 Å². The molecule has 0 saturated heterocycles. The van der Waals surface area contributed by atoms with E-state index in [0.29, 0.717) is 6.42 Å². The standard InChI is InChI=1S/C25H28OP.HI/c1-2-3-7-14-22(26)21-27(23-15-8-4-9-16-23,24-17-10-5-11-18-24)25-19-12-6-13-20-25;/h3-13,15-20,22,26H,2,14,21H2,1H3;1H/q+1;/p-1. The Hall–Kier alpha value is -1.48. The molecule has 0 spiro atoms. The molecule has 0 bridgehead atoms. The SMILES string of the molecule is CCC=CCC(O)C[P+](c1ccccc1)(c1ccccc1)c1ccccc1.[I-]. The Kier molecular flexibility index (Phi) is 9.37. The second-order valence-corrected chi connectivity index (χ2v) is 10.3. The lowest BCUT2D eigenvalue weighted by Crippen LogP contribution is -3.00. The first-order valence-electron chi connectivity index (χ1n) is 9.65. The normalized spacial score (nSPS) is 12.5. The minimum atomic E-state index is -1.94.